The van der Waals surface area contributed by atoms with Crippen LogP contribution in [0, 0.1) is 0 Å². The van der Waals surface area contributed by atoms with Gasteiger partial charge in [0.05, 0.1) is 12.7 Å². The summed E-state index contributed by atoms with van der Waals surface area (Å²) in [7, 11) is 0. The van der Waals surface area contributed by atoms with Crippen LogP contribution in [0.15, 0.2) is 36.5 Å². The maximum Gasteiger partial charge on any atom is 0.306 e. The Hall–Kier alpha value is -1.92. The number of carbonyl (C=O) groups excluding carboxylic acids is 2. The van der Waals surface area contributed by atoms with Gasteiger partial charge in [-0.25, -0.2) is 0 Å². The van der Waals surface area contributed by atoms with E-state index < -0.39 is 24.8 Å². The Morgan fingerprint density at radius 3 is 1.70 bits per heavy atom. The smallest absolute Gasteiger partial charge is 0.306 e. The van der Waals surface area contributed by atoms with E-state index in [0.717, 1.165) is 32.1 Å². The van der Waals surface area contributed by atoms with Crippen LogP contribution in [-0.2, 0) is 19.1 Å². The quantitative estimate of drug-likeness (QED) is 0.0312. The van der Waals surface area contributed by atoms with Gasteiger partial charge in [0.15, 0.2) is 6.10 Å². The molecule has 0 saturated heterocycles. The zero-order chi connectivity index (χ0) is 33.8. The molecule has 2 atom stereocenters. The number of allylic oxidation sites excluding steroid dienone is 5. The number of esters is 2. The van der Waals surface area contributed by atoms with Crippen molar-refractivity contribution in [3.8, 4) is 0 Å². The van der Waals surface area contributed by atoms with Gasteiger partial charge < -0.3 is 19.7 Å². The number of aliphatic hydroxyl groups is 2. The van der Waals surface area contributed by atoms with Gasteiger partial charge in [-0.3, -0.25) is 9.59 Å². The zero-order valence-corrected chi connectivity index (χ0v) is 29.9. The van der Waals surface area contributed by atoms with Gasteiger partial charge >= 0.3 is 11.9 Å². The van der Waals surface area contributed by atoms with E-state index in [0.29, 0.717) is 19.3 Å². The minimum Gasteiger partial charge on any atom is -0.462 e. The molecule has 0 heterocycles. The molecule has 0 aliphatic carbocycles. The fourth-order valence-corrected chi connectivity index (χ4v) is 5.33. The van der Waals surface area contributed by atoms with Crippen molar-refractivity contribution in [3.63, 3.8) is 0 Å². The summed E-state index contributed by atoms with van der Waals surface area (Å²) >= 11 is 0. The minimum atomic E-state index is -0.859. The van der Waals surface area contributed by atoms with E-state index in [2.05, 4.69) is 32.1 Å². The van der Waals surface area contributed by atoms with Crippen LogP contribution in [0.25, 0.3) is 0 Å². The second-order valence-electron chi connectivity index (χ2n) is 12.9. The van der Waals surface area contributed by atoms with Crippen LogP contribution < -0.4 is 0 Å². The molecule has 0 amide bonds. The van der Waals surface area contributed by atoms with Gasteiger partial charge in [0, 0.05) is 12.8 Å². The molecule has 0 bridgehead atoms. The van der Waals surface area contributed by atoms with Crippen molar-refractivity contribution in [2.24, 2.45) is 0 Å². The maximum absolute atomic E-state index is 12.2. The van der Waals surface area contributed by atoms with E-state index in [4.69, 9.17) is 9.47 Å². The molecule has 0 aromatic carbocycles. The molecule has 46 heavy (non-hydrogen) atoms. The summed E-state index contributed by atoms with van der Waals surface area (Å²) in [5.41, 5.74) is 0. The second-order valence-corrected chi connectivity index (χ2v) is 12.9. The number of hydrogen-bond donors (Lipinski definition) is 2. The minimum absolute atomic E-state index is 0.133. The summed E-state index contributed by atoms with van der Waals surface area (Å²) in [6, 6.07) is 0. The summed E-state index contributed by atoms with van der Waals surface area (Å²) in [5, 5.41) is 19.7. The molecule has 0 rings (SSSR count). The predicted molar refractivity (Wildman–Crippen MR) is 193 cm³/mol. The molecule has 0 aliphatic rings. The Morgan fingerprint density at radius 1 is 0.609 bits per heavy atom. The molecule has 1 unspecified atom stereocenters. The largest absolute Gasteiger partial charge is 0.462 e. The molecule has 6 heteroatoms. The third-order valence-corrected chi connectivity index (χ3v) is 8.29. The van der Waals surface area contributed by atoms with Gasteiger partial charge in [-0.15, -0.1) is 0 Å². The van der Waals surface area contributed by atoms with Gasteiger partial charge in [-0.2, -0.15) is 0 Å². The summed E-state index contributed by atoms with van der Waals surface area (Å²) in [5.74, 6) is -0.785. The normalized spacial score (nSPS) is 13.2. The number of ether oxygens (including phenoxy) is 2. The lowest BCUT2D eigenvalue weighted by atomic mass is 10.0. The molecule has 6 nitrogen and oxygen atoms in total. The highest BCUT2D eigenvalue weighted by atomic mass is 16.6. The number of hydrogen-bond acceptors (Lipinski definition) is 6. The molecular formula is C40H72O6. The number of carbonyl (C=O) groups is 2. The molecular weight excluding hydrogens is 576 g/mol. The zero-order valence-electron chi connectivity index (χ0n) is 29.9. The molecule has 2 N–H and O–H groups in total. The summed E-state index contributed by atoms with van der Waals surface area (Å²) in [4.78, 5) is 24.2. The van der Waals surface area contributed by atoms with Crippen molar-refractivity contribution in [2.45, 2.75) is 193 Å². The Balaban J connectivity index is 3.75. The first kappa shape index (κ1) is 44.1. The predicted octanol–water partition coefficient (Wildman–Crippen LogP) is 10.6. The second kappa shape index (κ2) is 35.9. The number of aliphatic hydroxyl groups excluding tert-OH is 2. The Labute approximate surface area is 283 Å². The van der Waals surface area contributed by atoms with Gasteiger partial charge in [0.2, 0.25) is 0 Å². The molecule has 0 aromatic rings. The lowest BCUT2D eigenvalue weighted by Crippen LogP contribution is -2.28. The van der Waals surface area contributed by atoms with Gasteiger partial charge in [0.25, 0.3) is 0 Å². The highest BCUT2D eigenvalue weighted by molar-refractivity contribution is 5.70. The molecule has 268 valence electrons. The standard InChI is InChI=1S/C40H72O6/c1-3-5-7-9-11-13-15-17-19-21-23-25-27-29-33-39(43)45-36-38(35-41)46-40(44)34-30-32-37(42)31-28-26-24-22-20-18-16-14-12-10-8-6-4-2/h18,20,24,26,28,31,37-38,41-42H,3-17,19,21-23,25,27,29-30,32-36H2,1-2H3/b20-18+,26-24+,31-28+/t37?,38-/m0/s1. The van der Waals surface area contributed by atoms with Crippen molar-refractivity contribution in [2.75, 3.05) is 13.2 Å². The average molecular weight is 649 g/mol. The molecule has 0 aromatic heterocycles. The fourth-order valence-electron chi connectivity index (χ4n) is 5.33. The first-order valence-corrected chi connectivity index (χ1v) is 19.2. The van der Waals surface area contributed by atoms with Crippen molar-refractivity contribution in [1.82, 2.24) is 0 Å². The maximum atomic E-state index is 12.2. The van der Waals surface area contributed by atoms with Crippen molar-refractivity contribution in [3.05, 3.63) is 36.5 Å². The molecule has 0 spiro atoms. The SMILES string of the molecule is CCCCCCCC/C=C/C/C=C/C=C/C(O)CCCC(=O)O[C@@H](CO)COC(=O)CCCCCCCCCCCCCCCC. The third kappa shape index (κ3) is 33.4. The lowest BCUT2D eigenvalue weighted by molar-refractivity contribution is -0.161. The Bertz CT molecular complexity index is 759. The highest BCUT2D eigenvalue weighted by Crippen LogP contribution is 2.14. The van der Waals surface area contributed by atoms with Gasteiger partial charge in [-0.05, 0) is 38.5 Å². The molecule has 0 saturated carbocycles. The Morgan fingerprint density at radius 2 is 1.13 bits per heavy atom. The van der Waals surface area contributed by atoms with Gasteiger partial charge in [-0.1, -0.05) is 166 Å². The first-order chi connectivity index (χ1) is 22.5. The lowest BCUT2D eigenvalue weighted by Gasteiger charge is -2.16. The number of unbranched alkanes of at least 4 members (excludes halogenated alkanes) is 19. The summed E-state index contributed by atoms with van der Waals surface area (Å²) in [6.07, 6.45) is 39.5. The van der Waals surface area contributed by atoms with Crippen LogP contribution >= 0.6 is 0 Å². The summed E-state index contributed by atoms with van der Waals surface area (Å²) in [6.45, 7) is 3.97. The monoisotopic (exact) mass is 649 g/mol. The van der Waals surface area contributed by atoms with Crippen LogP contribution in [-0.4, -0.2) is 47.6 Å². The van der Waals surface area contributed by atoms with Crippen molar-refractivity contribution < 1.29 is 29.3 Å². The van der Waals surface area contributed by atoms with E-state index in [1.54, 1.807) is 6.08 Å². The summed E-state index contributed by atoms with van der Waals surface area (Å²) < 4.78 is 10.5. The van der Waals surface area contributed by atoms with Crippen molar-refractivity contribution >= 4 is 11.9 Å². The topological polar surface area (TPSA) is 93.1 Å². The van der Waals surface area contributed by atoms with Crippen LogP contribution in [0.4, 0.5) is 0 Å². The van der Waals surface area contributed by atoms with Crippen LogP contribution in [0.2, 0.25) is 0 Å². The third-order valence-electron chi connectivity index (χ3n) is 8.29. The van der Waals surface area contributed by atoms with Crippen molar-refractivity contribution in [1.29, 1.82) is 0 Å². The molecule has 0 fully saturated rings. The van der Waals surface area contributed by atoms with Crippen LogP contribution in [0.3, 0.4) is 0 Å². The first-order valence-electron chi connectivity index (χ1n) is 19.2. The van der Waals surface area contributed by atoms with E-state index in [-0.39, 0.29) is 19.0 Å². The fraction of sp³-hybridized carbons (Fsp3) is 0.800. The molecule has 0 aliphatic heterocycles. The highest BCUT2D eigenvalue weighted by Gasteiger charge is 2.16. The average Bonchev–Trinajstić information content (AvgIpc) is 3.05. The van der Waals surface area contributed by atoms with Gasteiger partial charge in [0.1, 0.15) is 6.61 Å². The van der Waals surface area contributed by atoms with E-state index >= 15 is 0 Å². The van der Waals surface area contributed by atoms with E-state index in [1.807, 2.05) is 12.2 Å². The van der Waals surface area contributed by atoms with Crippen LogP contribution in [0.5, 0.6) is 0 Å². The number of rotatable bonds is 34. The van der Waals surface area contributed by atoms with Crippen LogP contribution in [0.1, 0.15) is 181 Å². The molecule has 0 radical (unpaired) electrons. The Kier molecular flexibility index (Phi) is 34.4. The van der Waals surface area contributed by atoms with E-state index in [9.17, 15) is 19.8 Å². The van der Waals surface area contributed by atoms with E-state index in [1.165, 1.54) is 109 Å².